The molecule has 0 atom stereocenters. The first-order valence-electron chi connectivity index (χ1n) is 5.37. The minimum absolute atomic E-state index is 0.0917. The topological polar surface area (TPSA) is 86.5 Å². The van der Waals surface area contributed by atoms with E-state index in [2.05, 4.69) is 9.98 Å². The number of ether oxygens (including phenoxy) is 1. The predicted molar refractivity (Wildman–Crippen MR) is 62.0 cm³/mol. The third-order valence-corrected chi connectivity index (χ3v) is 2.41. The molecule has 16 heavy (non-hydrogen) atoms. The van der Waals surface area contributed by atoms with Crippen molar-refractivity contribution >= 4 is 5.96 Å². The maximum atomic E-state index is 5.51. The van der Waals surface area contributed by atoms with Gasteiger partial charge in [0.15, 0.2) is 5.96 Å². The van der Waals surface area contributed by atoms with Gasteiger partial charge in [-0.25, -0.2) is 9.98 Å². The van der Waals surface area contributed by atoms with E-state index >= 15 is 0 Å². The summed E-state index contributed by atoms with van der Waals surface area (Å²) in [6.45, 7) is 1.23. The van der Waals surface area contributed by atoms with E-state index in [0.29, 0.717) is 12.4 Å². The molecule has 0 spiro atoms. The normalized spacial score (nSPS) is 14.5. The first-order valence-corrected chi connectivity index (χ1v) is 5.37. The molecule has 86 valence electrons. The van der Waals surface area contributed by atoms with Gasteiger partial charge in [-0.3, -0.25) is 0 Å². The van der Waals surface area contributed by atoms with Crippen LogP contribution < -0.4 is 16.2 Å². The average molecular weight is 220 g/mol. The number of guanidine groups is 1. The number of aromatic nitrogens is 1. The molecular formula is C11H16N4O. The Bertz CT molecular complexity index is 366. The van der Waals surface area contributed by atoms with Gasteiger partial charge in [0.25, 0.3) is 0 Å². The first kappa shape index (κ1) is 10.7. The number of nitrogens with zero attached hydrogens (tertiary/aromatic N) is 2. The number of pyridine rings is 1. The van der Waals surface area contributed by atoms with Crippen LogP contribution in [0.4, 0.5) is 0 Å². The zero-order valence-corrected chi connectivity index (χ0v) is 9.10. The molecule has 0 aromatic carbocycles. The van der Waals surface area contributed by atoms with Crippen LogP contribution in [0.15, 0.2) is 23.3 Å². The van der Waals surface area contributed by atoms with Gasteiger partial charge in [0.2, 0.25) is 5.88 Å². The van der Waals surface area contributed by atoms with Gasteiger partial charge in [-0.1, -0.05) is 6.07 Å². The fourth-order valence-corrected chi connectivity index (χ4v) is 1.26. The van der Waals surface area contributed by atoms with Crippen LogP contribution in [0.2, 0.25) is 0 Å². The Morgan fingerprint density at radius 3 is 2.81 bits per heavy atom. The van der Waals surface area contributed by atoms with Gasteiger partial charge in [-0.05, 0) is 24.3 Å². The smallest absolute Gasteiger partial charge is 0.213 e. The van der Waals surface area contributed by atoms with Crippen LogP contribution in [0, 0.1) is 5.92 Å². The summed E-state index contributed by atoms with van der Waals surface area (Å²) in [6, 6.07) is 3.77. The number of hydrogen-bond donors (Lipinski definition) is 2. The van der Waals surface area contributed by atoms with E-state index in [1.54, 1.807) is 6.20 Å². The summed E-state index contributed by atoms with van der Waals surface area (Å²) in [5.74, 6) is 1.50. The van der Waals surface area contributed by atoms with Gasteiger partial charge in [-0.2, -0.15) is 0 Å². The Labute approximate surface area is 94.5 Å². The number of rotatable bonds is 5. The third kappa shape index (κ3) is 3.42. The summed E-state index contributed by atoms with van der Waals surface area (Å²) in [7, 11) is 0. The molecule has 5 heteroatoms. The van der Waals surface area contributed by atoms with Gasteiger partial charge in [-0.15, -0.1) is 0 Å². The molecule has 0 saturated heterocycles. The SMILES string of the molecule is NC(N)=NCc1ccc(OCC2CC2)nc1. The lowest BCUT2D eigenvalue weighted by atomic mass is 10.3. The molecule has 5 nitrogen and oxygen atoms in total. The highest BCUT2D eigenvalue weighted by atomic mass is 16.5. The number of hydrogen-bond acceptors (Lipinski definition) is 3. The predicted octanol–water partition coefficient (Wildman–Crippen LogP) is 0.644. The zero-order chi connectivity index (χ0) is 11.4. The minimum Gasteiger partial charge on any atom is -0.477 e. The van der Waals surface area contributed by atoms with Gasteiger partial charge in [0.05, 0.1) is 13.2 Å². The van der Waals surface area contributed by atoms with Crippen molar-refractivity contribution in [2.24, 2.45) is 22.4 Å². The van der Waals surface area contributed by atoms with E-state index in [1.807, 2.05) is 12.1 Å². The molecule has 0 unspecified atom stereocenters. The summed E-state index contributed by atoms with van der Waals surface area (Å²) in [6.07, 6.45) is 4.29. The maximum Gasteiger partial charge on any atom is 0.213 e. The fourth-order valence-electron chi connectivity index (χ4n) is 1.26. The van der Waals surface area contributed by atoms with Gasteiger partial charge in [0, 0.05) is 12.3 Å². The Kier molecular flexibility index (Phi) is 3.24. The zero-order valence-electron chi connectivity index (χ0n) is 9.10. The van der Waals surface area contributed by atoms with Gasteiger partial charge >= 0.3 is 0 Å². The molecule has 1 fully saturated rings. The molecule has 1 aromatic heterocycles. The summed E-state index contributed by atoms with van der Waals surface area (Å²) < 4.78 is 5.51. The van der Waals surface area contributed by atoms with Crippen LogP contribution in [0.3, 0.4) is 0 Å². The lowest BCUT2D eigenvalue weighted by Crippen LogP contribution is -2.22. The summed E-state index contributed by atoms with van der Waals surface area (Å²) in [4.78, 5) is 8.08. The van der Waals surface area contributed by atoms with Crippen molar-refractivity contribution in [1.29, 1.82) is 0 Å². The number of nitrogens with two attached hydrogens (primary N) is 2. The Morgan fingerprint density at radius 1 is 1.44 bits per heavy atom. The van der Waals surface area contributed by atoms with E-state index < -0.39 is 0 Å². The van der Waals surface area contributed by atoms with E-state index in [4.69, 9.17) is 16.2 Å². The van der Waals surface area contributed by atoms with E-state index in [-0.39, 0.29) is 5.96 Å². The van der Waals surface area contributed by atoms with Crippen LogP contribution in [-0.2, 0) is 6.54 Å². The Hall–Kier alpha value is -1.78. The first-order chi connectivity index (χ1) is 7.74. The van der Waals surface area contributed by atoms with Crippen molar-refractivity contribution in [3.8, 4) is 5.88 Å². The second-order valence-corrected chi connectivity index (χ2v) is 4.00. The molecule has 1 aliphatic carbocycles. The van der Waals surface area contributed by atoms with Crippen molar-refractivity contribution in [1.82, 2.24) is 4.98 Å². The molecule has 0 bridgehead atoms. The van der Waals surface area contributed by atoms with Crippen molar-refractivity contribution in [3.63, 3.8) is 0 Å². The molecule has 0 radical (unpaired) electrons. The van der Waals surface area contributed by atoms with Crippen LogP contribution in [0.5, 0.6) is 5.88 Å². The average Bonchev–Trinajstić information content (AvgIpc) is 3.09. The standard InChI is InChI=1S/C11H16N4O/c12-11(13)15-6-9-3-4-10(14-5-9)16-7-8-1-2-8/h3-5,8H,1-2,6-7H2,(H4,12,13,15). The lowest BCUT2D eigenvalue weighted by Gasteiger charge is -2.04. The van der Waals surface area contributed by atoms with E-state index in [0.717, 1.165) is 18.1 Å². The third-order valence-electron chi connectivity index (χ3n) is 2.41. The monoisotopic (exact) mass is 220 g/mol. The van der Waals surface area contributed by atoms with Crippen molar-refractivity contribution in [3.05, 3.63) is 23.9 Å². The fraction of sp³-hybridized carbons (Fsp3) is 0.455. The largest absolute Gasteiger partial charge is 0.477 e. The summed E-state index contributed by atoms with van der Waals surface area (Å²) >= 11 is 0. The molecule has 4 N–H and O–H groups in total. The Balaban J connectivity index is 1.85. The van der Waals surface area contributed by atoms with Crippen molar-refractivity contribution in [2.75, 3.05) is 6.61 Å². The summed E-state index contributed by atoms with van der Waals surface area (Å²) in [5.41, 5.74) is 11.4. The van der Waals surface area contributed by atoms with Crippen LogP contribution in [0.25, 0.3) is 0 Å². The van der Waals surface area contributed by atoms with E-state index in [9.17, 15) is 0 Å². The molecule has 1 aromatic rings. The molecule has 1 aliphatic rings. The molecule has 1 heterocycles. The highest BCUT2D eigenvalue weighted by Crippen LogP contribution is 2.29. The van der Waals surface area contributed by atoms with Crippen LogP contribution in [0.1, 0.15) is 18.4 Å². The second-order valence-electron chi connectivity index (χ2n) is 4.00. The molecule has 0 aliphatic heterocycles. The molecule has 0 amide bonds. The van der Waals surface area contributed by atoms with Crippen LogP contribution in [-0.4, -0.2) is 17.6 Å². The summed E-state index contributed by atoms with van der Waals surface area (Å²) in [5, 5.41) is 0. The van der Waals surface area contributed by atoms with E-state index in [1.165, 1.54) is 12.8 Å². The number of aliphatic imine (C=N–C) groups is 1. The second kappa shape index (κ2) is 4.83. The maximum absolute atomic E-state index is 5.51. The van der Waals surface area contributed by atoms with Crippen LogP contribution >= 0.6 is 0 Å². The molecule has 1 saturated carbocycles. The highest BCUT2D eigenvalue weighted by Gasteiger charge is 2.21. The lowest BCUT2D eigenvalue weighted by molar-refractivity contribution is 0.288. The molecule has 2 rings (SSSR count). The quantitative estimate of drug-likeness (QED) is 0.563. The van der Waals surface area contributed by atoms with Crippen molar-refractivity contribution < 1.29 is 4.74 Å². The van der Waals surface area contributed by atoms with Gasteiger partial charge < -0.3 is 16.2 Å². The van der Waals surface area contributed by atoms with Crippen molar-refractivity contribution in [2.45, 2.75) is 19.4 Å². The van der Waals surface area contributed by atoms with Gasteiger partial charge in [0.1, 0.15) is 0 Å². The highest BCUT2D eigenvalue weighted by molar-refractivity contribution is 5.75. The minimum atomic E-state index is 0.0917. The molecular weight excluding hydrogens is 204 g/mol. The Morgan fingerprint density at radius 2 is 2.25 bits per heavy atom.